The minimum Gasteiger partial charge on any atom is -0.452 e. The second kappa shape index (κ2) is 12.1. The number of rotatable bonds is 7. The largest absolute Gasteiger partial charge is 0.452 e. The van der Waals surface area contributed by atoms with Crippen LogP contribution in [0.5, 0.6) is 0 Å². The van der Waals surface area contributed by atoms with Gasteiger partial charge in [0, 0.05) is 34.8 Å². The van der Waals surface area contributed by atoms with E-state index >= 15 is 0 Å². The molecule has 4 rings (SSSR count). The number of pyridine rings is 1. The van der Waals surface area contributed by atoms with Gasteiger partial charge in [-0.25, -0.2) is 24.6 Å². The van der Waals surface area contributed by atoms with Gasteiger partial charge in [0.05, 0.1) is 30.1 Å². The van der Waals surface area contributed by atoms with E-state index in [1.807, 2.05) is 27.0 Å². The molecule has 3 aromatic heterocycles. The van der Waals surface area contributed by atoms with Gasteiger partial charge in [0.25, 0.3) is 5.91 Å². The molecule has 2 amide bonds. The summed E-state index contributed by atoms with van der Waals surface area (Å²) in [5.41, 5.74) is 6.84. The van der Waals surface area contributed by atoms with Crippen molar-refractivity contribution in [2.45, 2.75) is 46.1 Å². The van der Waals surface area contributed by atoms with Gasteiger partial charge in [0.1, 0.15) is 5.69 Å². The third kappa shape index (κ3) is 6.90. The van der Waals surface area contributed by atoms with Crippen molar-refractivity contribution in [2.75, 3.05) is 7.11 Å². The first-order valence-electron chi connectivity index (χ1n) is 12.4. The van der Waals surface area contributed by atoms with Gasteiger partial charge >= 0.3 is 6.09 Å². The zero-order valence-corrected chi connectivity index (χ0v) is 24.5. The molecule has 0 aliphatic heterocycles. The Morgan fingerprint density at radius 1 is 1.10 bits per heavy atom. The van der Waals surface area contributed by atoms with Crippen molar-refractivity contribution >= 4 is 41.0 Å². The van der Waals surface area contributed by atoms with Crippen LogP contribution in [-0.4, -0.2) is 54.7 Å². The molecule has 1 aromatic carbocycles. The summed E-state index contributed by atoms with van der Waals surface area (Å²) in [5, 5.41) is 13.7. The number of aryl methyl sites for hydroxylation is 1. The Morgan fingerprint density at radius 3 is 2.51 bits per heavy atom. The van der Waals surface area contributed by atoms with E-state index in [9.17, 15) is 14.4 Å². The second-order valence-electron chi connectivity index (χ2n) is 10.2. The number of aromatic nitrogens is 6. The molecule has 0 fully saturated rings. The lowest BCUT2D eigenvalue weighted by Gasteiger charge is -2.14. The summed E-state index contributed by atoms with van der Waals surface area (Å²) in [6, 6.07) is 8.01. The van der Waals surface area contributed by atoms with Gasteiger partial charge in [0.15, 0.2) is 11.6 Å². The third-order valence-electron chi connectivity index (χ3n) is 6.10. The van der Waals surface area contributed by atoms with Crippen molar-refractivity contribution in [3.8, 4) is 5.82 Å². The van der Waals surface area contributed by atoms with Crippen LogP contribution in [-0.2, 0) is 23.1 Å². The number of methoxy groups -OCH3 is 1. The lowest BCUT2D eigenvalue weighted by atomic mass is 9.93. The molecule has 4 aromatic rings. The number of Topliss-reactive ketones (excluding diaryl/α,β-unsaturated/α-hetero) is 1. The summed E-state index contributed by atoms with van der Waals surface area (Å²) in [6.07, 6.45) is 2.33. The first kappa shape index (κ1) is 29.7. The fourth-order valence-electron chi connectivity index (χ4n) is 3.97. The molecule has 3 heterocycles. The van der Waals surface area contributed by atoms with Crippen molar-refractivity contribution in [2.24, 2.45) is 0 Å². The van der Waals surface area contributed by atoms with E-state index in [4.69, 9.17) is 23.2 Å². The van der Waals surface area contributed by atoms with Crippen LogP contribution >= 0.6 is 23.2 Å². The molecule has 12 nitrogen and oxygen atoms in total. The van der Waals surface area contributed by atoms with Gasteiger partial charge in [0.2, 0.25) is 0 Å². The number of nitrogens with one attached hydrogen (secondary N) is 2. The highest BCUT2D eigenvalue weighted by molar-refractivity contribution is 6.32. The fourth-order valence-corrected chi connectivity index (χ4v) is 4.45. The minimum absolute atomic E-state index is 0.110. The number of halogens is 2. The Labute approximate surface area is 246 Å². The monoisotopic (exact) mass is 598 g/mol. The first-order valence-corrected chi connectivity index (χ1v) is 13.2. The number of hydrazine groups is 1. The molecule has 14 heteroatoms. The number of hydrogen-bond acceptors (Lipinski definition) is 8. The minimum atomic E-state index is -0.861. The van der Waals surface area contributed by atoms with E-state index < -0.39 is 12.0 Å². The normalized spacial score (nSPS) is 11.3. The molecule has 0 bridgehead atoms. The van der Waals surface area contributed by atoms with Crippen LogP contribution in [0.4, 0.5) is 4.79 Å². The average Bonchev–Trinajstić information content (AvgIpc) is 3.56. The van der Waals surface area contributed by atoms with Crippen LogP contribution in [0.25, 0.3) is 5.82 Å². The van der Waals surface area contributed by atoms with Gasteiger partial charge in [-0.2, -0.15) is 5.10 Å². The van der Waals surface area contributed by atoms with E-state index in [1.54, 1.807) is 42.1 Å². The maximum atomic E-state index is 13.8. The lowest BCUT2D eigenvalue weighted by molar-refractivity contribution is 0.0919. The molecule has 0 aliphatic carbocycles. The fraction of sp³-hybridized carbons (Fsp3) is 0.296. The molecule has 0 aliphatic rings. The second-order valence-corrected chi connectivity index (χ2v) is 11.1. The van der Waals surface area contributed by atoms with Crippen LogP contribution < -0.4 is 10.9 Å². The maximum Gasteiger partial charge on any atom is 0.425 e. The van der Waals surface area contributed by atoms with Crippen molar-refractivity contribution in [1.82, 2.24) is 40.6 Å². The molecule has 2 N–H and O–H groups in total. The Morgan fingerprint density at radius 2 is 1.85 bits per heavy atom. The molecule has 0 atom stereocenters. The topological polar surface area (TPSA) is 146 Å². The predicted octanol–water partition coefficient (Wildman–Crippen LogP) is 4.25. The summed E-state index contributed by atoms with van der Waals surface area (Å²) in [6.45, 7) is 8.08. The Balaban J connectivity index is 1.71. The summed E-state index contributed by atoms with van der Waals surface area (Å²) in [4.78, 5) is 42.5. The van der Waals surface area contributed by atoms with E-state index in [2.05, 4.69) is 36.0 Å². The van der Waals surface area contributed by atoms with Crippen molar-refractivity contribution in [3.05, 3.63) is 86.5 Å². The van der Waals surface area contributed by atoms with E-state index in [0.29, 0.717) is 21.8 Å². The highest BCUT2D eigenvalue weighted by atomic mass is 35.5. The average molecular weight is 599 g/mol. The van der Waals surface area contributed by atoms with Gasteiger partial charge < -0.3 is 4.74 Å². The molecule has 0 radical (unpaired) electrons. The van der Waals surface area contributed by atoms with Crippen molar-refractivity contribution in [1.29, 1.82) is 0 Å². The molecular formula is C27H28Cl2N8O4. The third-order valence-corrected chi connectivity index (χ3v) is 6.61. The summed E-state index contributed by atoms with van der Waals surface area (Å²) < 4.78 is 7.50. The van der Waals surface area contributed by atoms with Crippen LogP contribution in [0.2, 0.25) is 10.0 Å². The van der Waals surface area contributed by atoms with Crippen molar-refractivity contribution < 1.29 is 19.1 Å². The van der Waals surface area contributed by atoms with Crippen LogP contribution in [0.15, 0.2) is 42.7 Å². The number of benzene rings is 1. The van der Waals surface area contributed by atoms with E-state index in [-0.39, 0.29) is 46.3 Å². The highest BCUT2D eigenvalue weighted by Gasteiger charge is 2.24. The van der Waals surface area contributed by atoms with Gasteiger partial charge in [-0.3, -0.25) is 15.0 Å². The summed E-state index contributed by atoms with van der Waals surface area (Å²) in [7, 11) is 1.16. The molecule has 0 unspecified atom stereocenters. The SMILES string of the molecule is COC(=O)NNC(=O)c1cc(Cl)cc(C)c1CC(=O)c1cc(Cn2cc(C(C)(C)C)nn2)nn1-c1ncccc1Cl. The Bertz CT molecular complexity index is 1620. The van der Waals surface area contributed by atoms with Gasteiger partial charge in [-0.15, -0.1) is 5.10 Å². The number of carbonyl (C=O) groups excluding carboxylic acids is 3. The summed E-state index contributed by atoms with van der Waals surface area (Å²) >= 11 is 12.6. The number of amides is 2. The zero-order chi connectivity index (χ0) is 29.9. The summed E-state index contributed by atoms with van der Waals surface area (Å²) in [5.74, 6) is -0.766. The number of ether oxygens (including phenoxy) is 1. The quantitative estimate of drug-likeness (QED) is 0.237. The van der Waals surface area contributed by atoms with Crippen molar-refractivity contribution in [3.63, 3.8) is 0 Å². The van der Waals surface area contributed by atoms with Gasteiger partial charge in [-0.1, -0.05) is 49.2 Å². The standard InChI is InChI=1S/C27H28Cl2N8O4/c1-15-9-16(28)10-19(25(39)32-33-26(40)41-5)18(15)12-22(38)21-11-17(13-36-14-23(31-35-36)27(2,3)4)34-37(21)24-20(29)7-6-8-30-24/h6-11,14H,12-13H2,1-5H3,(H,32,39)(H,33,40). The Kier molecular flexibility index (Phi) is 8.74. The molecule has 0 saturated heterocycles. The zero-order valence-electron chi connectivity index (χ0n) is 23.0. The van der Waals surface area contributed by atoms with E-state index in [0.717, 1.165) is 12.8 Å². The number of hydrogen-bond donors (Lipinski definition) is 2. The van der Waals surface area contributed by atoms with Crippen LogP contribution in [0, 0.1) is 6.92 Å². The smallest absolute Gasteiger partial charge is 0.425 e. The van der Waals surface area contributed by atoms with Gasteiger partial charge in [-0.05, 0) is 48.4 Å². The molecule has 214 valence electrons. The van der Waals surface area contributed by atoms with E-state index in [1.165, 1.54) is 10.7 Å². The molecule has 0 saturated carbocycles. The lowest BCUT2D eigenvalue weighted by Crippen LogP contribution is -2.42. The maximum absolute atomic E-state index is 13.8. The Hall–Kier alpha value is -4.29. The predicted molar refractivity (Wildman–Crippen MR) is 151 cm³/mol. The molecule has 0 spiro atoms. The molecule has 41 heavy (non-hydrogen) atoms. The molecular weight excluding hydrogens is 571 g/mol. The number of carbonyl (C=O) groups is 3. The van der Waals surface area contributed by atoms with Crippen LogP contribution in [0.1, 0.15) is 64.1 Å². The number of nitrogens with zero attached hydrogens (tertiary/aromatic N) is 6. The first-order chi connectivity index (χ1) is 19.4. The highest BCUT2D eigenvalue weighted by Crippen LogP contribution is 2.25. The number of ketones is 1. The van der Waals surface area contributed by atoms with Crippen LogP contribution in [0.3, 0.4) is 0 Å².